The van der Waals surface area contributed by atoms with Crippen molar-refractivity contribution in [2.75, 3.05) is 18.5 Å². The normalized spacial score (nSPS) is 10.4. The molecule has 0 unspecified atom stereocenters. The van der Waals surface area contributed by atoms with Crippen LogP contribution in [0.2, 0.25) is 0 Å². The molecule has 160 valence electrons. The van der Waals surface area contributed by atoms with Crippen molar-refractivity contribution in [1.29, 1.82) is 0 Å². The van der Waals surface area contributed by atoms with E-state index in [0.29, 0.717) is 35.8 Å². The fourth-order valence-electron chi connectivity index (χ4n) is 2.79. The first-order chi connectivity index (χ1) is 15.0. The summed E-state index contributed by atoms with van der Waals surface area (Å²) in [4.78, 5) is 24.4. The quantitative estimate of drug-likeness (QED) is 0.501. The van der Waals surface area contributed by atoms with E-state index < -0.39 is 0 Å². The van der Waals surface area contributed by atoms with Crippen LogP contribution in [0.1, 0.15) is 34.6 Å². The average molecular weight is 418 g/mol. The van der Waals surface area contributed by atoms with Crippen LogP contribution in [0.25, 0.3) is 0 Å². The lowest BCUT2D eigenvalue weighted by Gasteiger charge is -2.10. The molecule has 3 aromatic rings. The standard InChI is InChI=1S/C25H26N2O4/c1-18(2)26-24(28)19-8-12-21(13-9-19)27-25(29)20-10-14-23(15-11-20)31-17-16-30-22-6-4-3-5-7-22/h3-15,18H,16-17H2,1-2H3,(H,26,28)(H,27,29). The summed E-state index contributed by atoms with van der Waals surface area (Å²) in [6, 6.07) is 23.3. The van der Waals surface area contributed by atoms with E-state index in [1.165, 1.54) is 0 Å². The van der Waals surface area contributed by atoms with Gasteiger partial charge >= 0.3 is 0 Å². The molecule has 3 rings (SSSR count). The van der Waals surface area contributed by atoms with Crippen molar-refractivity contribution in [3.05, 3.63) is 90.0 Å². The number of nitrogens with one attached hydrogen (secondary N) is 2. The van der Waals surface area contributed by atoms with Gasteiger partial charge in [-0.3, -0.25) is 9.59 Å². The van der Waals surface area contributed by atoms with Crippen molar-refractivity contribution in [2.45, 2.75) is 19.9 Å². The number of para-hydroxylation sites is 1. The highest BCUT2D eigenvalue weighted by Gasteiger charge is 2.09. The molecular weight excluding hydrogens is 392 g/mol. The van der Waals surface area contributed by atoms with Crippen molar-refractivity contribution in [2.24, 2.45) is 0 Å². The molecule has 6 heteroatoms. The summed E-state index contributed by atoms with van der Waals surface area (Å²) in [5, 5.41) is 5.65. The van der Waals surface area contributed by atoms with Gasteiger partial charge in [0.25, 0.3) is 11.8 Å². The van der Waals surface area contributed by atoms with Crippen LogP contribution in [0.5, 0.6) is 11.5 Å². The molecule has 0 atom stereocenters. The summed E-state index contributed by atoms with van der Waals surface area (Å²) >= 11 is 0. The Morgan fingerprint density at radius 1 is 0.710 bits per heavy atom. The van der Waals surface area contributed by atoms with Gasteiger partial charge in [-0.25, -0.2) is 0 Å². The van der Waals surface area contributed by atoms with E-state index in [1.54, 1.807) is 48.5 Å². The van der Waals surface area contributed by atoms with E-state index in [4.69, 9.17) is 9.47 Å². The number of amides is 2. The number of carbonyl (C=O) groups is 2. The molecular formula is C25H26N2O4. The molecule has 0 saturated carbocycles. The van der Waals surface area contributed by atoms with Crippen LogP contribution >= 0.6 is 0 Å². The Balaban J connectivity index is 1.47. The minimum absolute atomic E-state index is 0.0650. The molecule has 0 aliphatic rings. The molecule has 0 bridgehead atoms. The largest absolute Gasteiger partial charge is 0.490 e. The third-order valence-electron chi connectivity index (χ3n) is 4.31. The van der Waals surface area contributed by atoms with Crippen LogP contribution in [0.4, 0.5) is 5.69 Å². The molecule has 0 aliphatic carbocycles. The third kappa shape index (κ3) is 6.89. The molecule has 6 nitrogen and oxygen atoms in total. The molecule has 0 saturated heterocycles. The maximum Gasteiger partial charge on any atom is 0.255 e. The maximum absolute atomic E-state index is 12.5. The van der Waals surface area contributed by atoms with Gasteiger partial charge in [-0.05, 0) is 74.5 Å². The minimum Gasteiger partial charge on any atom is -0.490 e. The van der Waals surface area contributed by atoms with Gasteiger partial charge in [0, 0.05) is 22.9 Å². The van der Waals surface area contributed by atoms with Crippen molar-refractivity contribution in [3.63, 3.8) is 0 Å². The summed E-state index contributed by atoms with van der Waals surface area (Å²) in [5.74, 6) is 1.08. The van der Waals surface area contributed by atoms with Gasteiger partial charge < -0.3 is 20.1 Å². The Hall–Kier alpha value is -3.80. The predicted molar refractivity (Wildman–Crippen MR) is 121 cm³/mol. The second kappa shape index (κ2) is 10.8. The highest BCUT2D eigenvalue weighted by atomic mass is 16.5. The Morgan fingerprint density at radius 3 is 1.81 bits per heavy atom. The monoisotopic (exact) mass is 418 g/mol. The van der Waals surface area contributed by atoms with Gasteiger partial charge in [0.2, 0.25) is 0 Å². The highest BCUT2D eigenvalue weighted by molar-refractivity contribution is 6.04. The average Bonchev–Trinajstić information content (AvgIpc) is 2.78. The first kappa shape index (κ1) is 21.9. The first-order valence-electron chi connectivity index (χ1n) is 10.1. The van der Waals surface area contributed by atoms with Gasteiger partial charge in [0.1, 0.15) is 24.7 Å². The van der Waals surface area contributed by atoms with Crippen molar-refractivity contribution in [3.8, 4) is 11.5 Å². The topological polar surface area (TPSA) is 76.7 Å². The van der Waals surface area contributed by atoms with Crippen LogP contribution in [-0.2, 0) is 0 Å². The second-order valence-electron chi connectivity index (χ2n) is 7.19. The highest BCUT2D eigenvalue weighted by Crippen LogP contribution is 2.15. The molecule has 2 N–H and O–H groups in total. The first-order valence-corrected chi connectivity index (χ1v) is 10.1. The lowest BCUT2D eigenvalue weighted by Crippen LogP contribution is -2.30. The van der Waals surface area contributed by atoms with Gasteiger partial charge in [-0.15, -0.1) is 0 Å². The Bertz CT molecular complexity index is 984. The summed E-state index contributed by atoms with van der Waals surface area (Å²) in [6.45, 7) is 4.64. The molecule has 0 spiro atoms. The number of hydrogen-bond acceptors (Lipinski definition) is 4. The summed E-state index contributed by atoms with van der Waals surface area (Å²) in [7, 11) is 0. The van der Waals surface area contributed by atoms with Crippen LogP contribution in [0.15, 0.2) is 78.9 Å². The van der Waals surface area contributed by atoms with E-state index in [9.17, 15) is 9.59 Å². The zero-order chi connectivity index (χ0) is 22.1. The maximum atomic E-state index is 12.5. The third-order valence-corrected chi connectivity index (χ3v) is 4.31. The molecule has 0 heterocycles. The second-order valence-corrected chi connectivity index (χ2v) is 7.19. The SMILES string of the molecule is CC(C)NC(=O)c1ccc(NC(=O)c2ccc(OCCOc3ccccc3)cc2)cc1. The molecule has 0 aromatic heterocycles. The number of rotatable bonds is 9. The van der Waals surface area contributed by atoms with Gasteiger partial charge in [0.05, 0.1) is 0 Å². The van der Waals surface area contributed by atoms with E-state index in [1.807, 2.05) is 44.2 Å². The van der Waals surface area contributed by atoms with Gasteiger partial charge in [0.15, 0.2) is 0 Å². The van der Waals surface area contributed by atoms with Crippen LogP contribution < -0.4 is 20.1 Å². The summed E-state index contributed by atoms with van der Waals surface area (Å²) in [6.07, 6.45) is 0. The smallest absolute Gasteiger partial charge is 0.255 e. The number of benzene rings is 3. The zero-order valence-corrected chi connectivity index (χ0v) is 17.6. The Morgan fingerprint density at radius 2 is 1.23 bits per heavy atom. The van der Waals surface area contributed by atoms with Gasteiger partial charge in [-0.2, -0.15) is 0 Å². The number of hydrogen-bond donors (Lipinski definition) is 2. The minimum atomic E-state index is -0.238. The molecule has 31 heavy (non-hydrogen) atoms. The van der Waals surface area contributed by atoms with E-state index in [0.717, 1.165) is 5.75 Å². The van der Waals surface area contributed by atoms with Gasteiger partial charge in [-0.1, -0.05) is 18.2 Å². The number of carbonyl (C=O) groups excluding carboxylic acids is 2. The molecule has 0 aliphatic heterocycles. The number of ether oxygens (including phenoxy) is 2. The predicted octanol–water partition coefficient (Wildman–Crippen LogP) is 4.53. The summed E-state index contributed by atoms with van der Waals surface area (Å²) < 4.78 is 11.2. The van der Waals surface area contributed by atoms with Crippen LogP contribution in [0.3, 0.4) is 0 Å². The lowest BCUT2D eigenvalue weighted by molar-refractivity contribution is 0.0942. The van der Waals surface area contributed by atoms with Crippen LogP contribution in [-0.4, -0.2) is 31.1 Å². The Labute approximate surface area is 182 Å². The van der Waals surface area contributed by atoms with Crippen LogP contribution in [0, 0.1) is 0 Å². The van der Waals surface area contributed by atoms with Crippen molar-refractivity contribution in [1.82, 2.24) is 5.32 Å². The van der Waals surface area contributed by atoms with Crippen molar-refractivity contribution >= 4 is 17.5 Å². The Kier molecular flexibility index (Phi) is 7.65. The van der Waals surface area contributed by atoms with Crippen molar-refractivity contribution < 1.29 is 19.1 Å². The number of anilines is 1. The molecule has 0 fully saturated rings. The lowest BCUT2D eigenvalue weighted by atomic mass is 10.1. The summed E-state index contributed by atoms with van der Waals surface area (Å²) in [5.41, 5.74) is 1.67. The fraction of sp³-hybridized carbons (Fsp3) is 0.200. The molecule has 2 amide bonds. The molecule has 0 radical (unpaired) electrons. The van der Waals surface area contributed by atoms with E-state index in [-0.39, 0.29) is 17.9 Å². The van der Waals surface area contributed by atoms with E-state index >= 15 is 0 Å². The molecule has 3 aromatic carbocycles. The van der Waals surface area contributed by atoms with E-state index in [2.05, 4.69) is 10.6 Å². The zero-order valence-electron chi connectivity index (χ0n) is 17.6. The fourth-order valence-corrected chi connectivity index (χ4v) is 2.79.